The van der Waals surface area contributed by atoms with E-state index < -0.39 is 26.4 Å². The average Bonchev–Trinajstić information content (AvgIpc) is 3.53. The van der Waals surface area contributed by atoms with E-state index in [9.17, 15) is 18.0 Å². The first kappa shape index (κ1) is 29.3. The van der Waals surface area contributed by atoms with E-state index >= 15 is 0 Å². The number of carbonyl (C=O) groups is 1. The Morgan fingerprint density at radius 1 is 0.875 bits per heavy atom. The number of hydrogen-bond donors (Lipinski definition) is 2. The maximum absolute atomic E-state index is 13.0. The van der Waals surface area contributed by atoms with Crippen molar-refractivity contribution in [2.75, 3.05) is 0 Å². The molecule has 4 aromatic rings. The van der Waals surface area contributed by atoms with E-state index in [0.717, 1.165) is 15.9 Å². The number of benzene rings is 3. The SMILES string of the molecule is CC(C)(C)[Si](O[C@@H]1CC[C@@H](NC(=O)C(F)(F)F)c2ccccc21)(c1ccccc1)c1ccccc1.c1c[nH]cn1. The summed E-state index contributed by atoms with van der Waals surface area (Å²) >= 11 is 0. The predicted octanol–water partition coefficient (Wildman–Crippen LogP) is 6.23. The summed E-state index contributed by atoms with van der Waals surface area (Å²) in [5.74, 6) is -1.91. The molecule has 1 heterocycles. The molecule has 0 saturated carbocycles. The largest absolute Gasteiger partial charge is 0.471 e. The summed E-state index contributed by atoms with van der Waals surface area (Å²) in [7, 11) is -2.86. The van der Waals surface area contributed by atoms with Crippen LogP contribution in [0.2, 0.25) is 5.04 Å². The number of aromatic nitrogens is 2. The molecule has 0 unspecified atom stereocenters. The van der Waals surface area contributed by atoms with Crippen LogP contribution in [0.4, 0.5) is 13.2 Å². The Balaban J connectivity index is 0.000000666. The third kappa shape index (κ3) is 6.37. The van der Waals surface area contributed by atoms with Crippen molar-refractivity contribution in [3.8, 4) is 0 Å². The number of H-pyrrole nitrogens is 1. The summed E-state index contributed by atoms with van der Waals surface area (Å²) in [6.45, 7) is 6.58. The summed E-state index contributed by atoms with van der Waals surface area (Å²) in [6, 6.07) is 27.2. The predicted molar refractivity (Wildman–Crippen MR) is 153 cm³/mol. The molecule has 0 bridgehead atoms. The molecule has 1 aliphatic rings. The van der Waals surface area contributed by atoms with Crippen molar-refractivity contribution in [2.45, 2.75) is 57.0 Å². The van der Waals surface area contributed by atoms with Crippen LogP contribution in [0.3, 0.4) is 0 Å². The number of halogens is 3. The van der Waals surface area contributed by atoms with Crippen LogP contribution in [0.1, 0.15) is 56.9 Å². The number of aromatic amines is 1. The summed E-state index contributed by atoms with van der Waals surface area (Å²) in [5.41, 5.74) is 1.51. The van der Waals surface area contributed by atoms with Crippen LogP contribution < -0.4 is 15.7 Å². The number of fused-ring (bicyclic) bond motifs is 1. The first-order chi connectivity index (χ1) is 19.0. The minimum Gasteiger partial charge on any atom is -0.400 e. The smallest absolute Gasteiger partial charge is 0.400 e. The Hall–Kier alpha value is -3.69. The molecule has 0 spiro atoms. The third-order valence-electron chi connectivity index (χ3n) is 7.14. The van der Waals surface area contributed by atoms with E-state index in [0.29, 0.717) is 18.4 Å². The molecule has 210 valence electrons. The highest BCUT2D eigenvalue weighted by atomic mass is 28.4. The van der Waals surface area contributed by atoms with Crippen molar-refractivity contribution in [3.05, 3.63) is 115 Å². The number of nitrogens with zero attached hydrogens (tertiary/aromatic N) is 1. The van der Waals surface area contributed by atoms with Gasteiger partial charge in [0.1, 0.15) is 0 Å². The Kier molecular flexibility index (Phi) is 8.95. The lowest BCUT2D eigenvalue weighted by Gasteiger charge is -2.46. The van der Waals surface area contributed by atoms with Gasteiger partial charge in [0.25, 0.3) is 8.32 Å². The van der Waals surface area contributed by atoms with Gasteiger partial charge in [-0.25, -0.2) is 4.98 Å². The number of alkyl halides is 3. The van der Waals surface area contributed by atoms with Crippen LogP contribution in [0.5, 0.6) is 0 Å². The van der Waals surface area contributed by atoms with E-state index in [2.05, 4.69) is 60.3 Å². The normalized spacial score (nSPS) is 17.2. The van der Waals surface area contributed by atoms with Gasteiger partial charge in [-0.05, 0) is 39.4 Å². The molecule has 5 rings (SSSR count). The minimum absolute atomic E-state index is 0.230. The molecule has 1 aliphatic carbocycles. The average molecular weight is 566 g/mol. The Morgan fingerprint density at radius 2 is 1.43 bits per heavy atom. The summed E-state index contributed by atoms with van der Waals surface area (Å²) < 4.78 is 46.1. The molecule has 0 saturated heterocycles. The standard InChI is InChI=1S/C28H30F3NO2Si.C3H4N2/c1-27(2,3)35(20-12-6-4-7-13-20,21-14-8-5-9-15-21)34-25-19-18-24(32-26(33)28(29,30)31)22-16-10-11-17-23(22)25;1-2-5-3-4-1/h4-17,24-25H,18-19H2,1-3H3,(H,32,33);1-3H,(H,4,5)/t24-,25-;/m1./s1. The van der Waals surface area contributed by atoms with Crippen molar-refractivity contribution in [1.29, 1.82) is 0 Å². The highest BCUT2D eigenvalue weighted by Gasteiger charge is 2.52. The van der Waals surface area contributed by atoms with E-state index in [1.807, 2.05) is 48.5 Å². The zero-order valence-electron chi connectivity index (χ0n) is 22.8. The highest BCUT2D eigenvalue weighted by molar-refractivity contribution is 6.99. The van der Waals surface area contributed by atoms with Gasteiger partial charge < -0.3 is 14.7 Å². The molecular weight excluding hydrogens is 531 g/mol. The Bertz CT molecular complexity index is 1300. The van der Waals surface area contributed by atoms with E-state index in [1.165, 1.54) is 0 Å². The lowest BCUT2D eigenvalue weighted by molar-refractivity contribution is -0.174. The highest BCUT2D eigenvalue weighted by Crippen LogP contribution is 2.45. The maximum Gasteiger partial charge on any atom is 0.471 e. The van der Waals surface area contributed by atoms with Gasteiger partial charge in [-0.2, -0.15) is 13.2 Å². The fourth-order valence-electron chi connectivity index (χ4n) is 5.38. The molecule has 0 fully saturated rings. The van der Waals surface area contributed by atoms with Crippen LogP contribution in [0, 0.1) is 0 Å². The molecule has 3 aromatic carbocycles. The van der Waals surface area contributed by atoms with Gasteiger partial charge in [0, 0.05) is 12.4 Å². The molecule has 1 aromatic heterocycles. The number of carbonyl (C=O) groups excluding carboxylic acids is 1. The van der Waals surface area contributed by atoms with Crippen molar-refractivity contribution in [2.24, 2.45) is 0 Å². The molecule has 2 atom stereocenters. The third-order valence-corrected chi connectivity index (χ3v) is 12.2. The number of nitrogens with one attached hydrogen (secondary N) is 2. The molecule has 9 heteroatoms. The van der Waals surface area contributed by atoms with Crippen molar-refractivity contribution < 1.29 is 22.4 Å². The number of hydrogen-bond acceptors (Lipinski definition) is 3. The summed E-state index contributed by atoms with van der Waals surface area (Å²) in [5, 5.41) is 4.24. The lowest BCUT2D eigenvalue weighted by atomic mass is 9.86. The maximum atomic E-state index is 13.0. The molecule has 0 radical (unpaired) electrons. The van der Waals surface area contributed by atoms with Gasteiger partial charge in [0.05, 0.1) is 18.5 Å². The summed E-state index contributed by atoms with van der Waals surface area (Å²) in [6.07, 6.45) is 0.722. The molecular formula is C31H34F3N3O2Si. The van der Waals surface area contributed by atoms with Crippen LogP contribution in [0.25, 0.3) is 0 Å². The zero-order chi connectivity index (χ0) is 28.8. The molecule has 40 heavy (non-hydrogen) atoms. The van der Waals surface area contributed by atoms with Gasteiger partial charge in [-0.1, -0.05) is 106 Å². The van der Waals surface area contributed by atoms with Gasteiger partial charge >= 0.3 is 12.1 Å². The summed E-state index contributed by atoms with van der Waals surface area (Å²) in [4.78, 5) is 18.1. The van der Waals surface area contributed by atoms with Crippen LogP contribution in [0.15, 0.2) is 104 Å². The first-order valence-corrected chi connectivity index (χ1v) is 15.1. The lowest BCUT2D eigenvalue weighted by Crippen LogP contribution is -2.67. The monoisotopic (exact) mass is 565 g/mol. The Morgan fingerprint density at radius 3 is 1.88 bits per heavy atom. The molecule has 0 aliphatic heterocycles. The molecule has 1 amide bonds. The van der Waals surface area contributed by atoms with Crippen LogP contribution in [-0.2, 0) is 9.22 Å². The van der Waals surface area contributed by atoms with Gasteiger partial charge in [-0.3, -0.25) is 4.79 Å². The van der Waals surface area contributed by atoms with Crippen molar-refractivity contribution >= 4 is 24.6 Å². The topological polar surface area (TPSA) is 67.0 Å². The molecule has 5 nitrogen and oxygen atoms in total. The van der Waals surface area contributed by atoms with Gasteiger partial charge in [-0.15, -0.1) is 0 Å². The second-order valence-corrected chi connectivity index (χ2v) is 15.0. The fourth-order valence-corrected chi connectivity index (χ4v) is 10.1. The van der Waals surface area contributed by atoms with Crippen LogP contribution >= 0.6 is 0 Å². The Labute approximate surface area is 234 Å². The van der Waals surface area contributed by atoms with E-state index in [1.54, 1.807) is 30.9 Å². The fraction of sp³-hybridized carbons (Fsp3) is 0.290. The van der Waals surface area contributed by atoms with E-state index in [4.69, 9.17) is 4.43 Å². The zero-order valence-corrected chi connectivity index (χ0v) is 23.8. The second kappa shape index (κ2) is 12.2. The first-order valence-electron chi connectivity index (χ1n) is 13.2. The van der Waals surface area contributed by atoms with Gasteiger partial charge in [0.2, 0.25) is 0 Å². The number of amides is 1. The number of rotatable bonds is 5. The van der Waals surface area contributed by atoms with Gasteiger partial charge in [0.15, 0.2) is 0 Å². The quantitative estimate of drug-likeness (QED) is 0.282. The minimum atomic E-state index is -4.92. The molecule has 2 N–H and O–H groups in total. The van der Waals surface area contributed by atoms with Crippen LogP contribution in [-0.4, -0.2) is 30.4 Å². The second-order valence-electron chi connectivity index (χ2n) is 10.8. The number of imidazole rings is 1. The van der Waals surface area contributed by atoms with Crippen molar-refractivity contribution in [3.63, 3.8) is 0 Å². The van der Waals surface area contributed by atoms with E-state index in [-0.39, 0.29) is 11.1 Å². The van der Waals surface area contributed by atoms with Crippen molar-refractivity contribution in [1.82, 2.24) is 15.3 Å².